The third-order valence-corrected chi connectivity index (χ3v) is 10.8. The van der Waals surface area contributed by atoms with E-state index < -0.39 is 0 Å². The lowest BCUT2D eigenvalue weighted by Crippen LogP contribution is -2.17. The number of nitrogens with zero attached hydrogens (tertiary/aromatic N) is 2. The predicted molar refractivity (Wildman–Crippen MR) is 208 cm³/mol. The van der Waals surface area contributed by atoms with Crippen LogP contribution in [0.5, 0.6) is 0 Å². The summed E-state index contributed by atoms with van der Waals surface area (Å²) in [7, 11) is 0. The molecule has 9 aromatic rings. The Balaban J connectivity index is 1.17. The first-order valence-electron chi connectivity index (χ1n) is 17.1. The minimum absolute atomic E-state index is 0.196. The number of hydrogen-bond donors (Lipinski definition) is 0. The van der Waals surface area contributed by atoms with Crippen molar-refractivity contribution in [1.29, 1.82) is 0 Å². The highest BCUT2D eigenvalue weighted by Gasteiger charge is 2.36. The van der Waals surface area contributed by atoms with Crippen molar-refractivity contribution in [3.05, 3.63) is 181 Å². The van der Waals surface area contributed by atoms with Gasteiger partial charge >= 0.3 is 0 Å². The van der Waals surface area contributed by atoms with Crippen molar-refractivity contribution >= 4 is 60.4 Å². The largest absolute Gasteiger partial charge is 0.309 e. The monoisotopic (exact) mass is 626 g/mol. The fourth-order valence-corrected chi connectivity index (χ4v) is 8.41. The molecule has 49 heavy (non-hydrogen) atoms. The Morgan fingerprint density at radius 1 is 0.429 bits per heavy atom. The van der Waals surface area contributed by atoms with Crippen molar-refractivity contribution in [2.45, 2.75) is 19.3 Å². The predicted octanol–water partition coefficient (Wildman–Crippen LogP) is 12.9. The molecule has 0 bridgehead atoms. The van der Waals surface area contributed by atoms with Crippen molar-refractivity contribution in [3.8, 4) is 16.8 Å². The standard InChI is InChI=1S/C47H34N2/c1-47(2)41-29-33(48(43-23-11-15-31-13-3-5-17-35(31)43)44-24-12-16-32-14-4-6-18-36(32)44)25-27-37(41)38-28-26-34(30-42(38)47)49-45-21-9-7-19-39(45)40-20-8-10-22-46(40)49/h3-30H,1-2H3. The summed E-state index contributed by atoms with van der Waals surface area (Å²) in [6.45, 7) is 4.77. The van der Waals surface area contributed by atoms with Gasteiger partial charge in [-0.3, -0.25) is 0 Å². The summed E-state index contributed by atoms with van der Waals surface area (Å²) >= 11 is 0. The Bertz CT molecular complexity index is 2620. The van der Waals surface area contributed by atoms with Crippen LogP contribution in [0.15, 0.2) is 170 Å². The fourth-order valence-electron chi connectivity index (χ4n) is 8.41. The van der Waals surface area contributed by atoms with Crippen LogP contribution in [-0.2, 0) is 5.41 Å². The van der Waals surface area contributed by atoms with E-state index in [4.69, 9.17) is 0 Å². The smallest absolute Gasteiger partial charge is 0.0541 e. The zero-order chi connectivity index (χ0) is 32.7. The first-order valence-corrected chi connectivity index (χ1v) is 17.1. The number of para-hydroxylation sites is 2. The molecular formula is C47H34N2. The third kappa shape index (κ3) is 4.07. The maximum atomic E-state index is 2.47. The zero-order valence-electron chi connectivity index (χ0n) is 27.6. The number of hydrogen-bond acceptors (Lipinski definition) is 1. The molecule has 0 N–H and O–H groups in total. The Kier molecular flexibility index (Phi) is 5.95. The van der Waals surface area contributed by atoms with Crippen LogP contribution in [0.3, 0.4) is 0 Å². The summed E-state index contributed by atoms with van der Waals surface area (Å²) in [4.78, 5) is 2.47. The van der Waals surface area contributed by atoms with Crippen molar-refractivity contribution in [1.82, 2.24) is 4.57 Å². The second-order valence-corrected chi connectivity index (χ2v) is 13.8. The molecule has 0 aliphatic heterocycles. The molecule has 0 saturated heterocycles. The van der Waals surface area contributed by atoms with E-state index in [9.17, 15) is 0 Å². The Hall–Kier alpha value is -6.12. The van der Waals surface area contributed by atoms with Gasteiger partial charge in [0.15, 0.2) is 0 Å². The molecule has 0 fully saturated rings. The number of benzene rings is 8. The van der Waals surface area contributed by atoms with Crippen molar-refractivity contribution in [2.24, 2.45) is 0 Å². The Morgan fingerprint density at radius 3 is 1.49 bits per heavy atom. The van der Waals surface area contributed by atoms with E-state index in [1.54, 1.807) is 0 Å². The van der Waals surface area contributed by atoms with Crippen LogP contribution < -0.4 is 4.90 Å². The Labute approximate surface area is 286 Å². The molecule has 0 saturated carbocycles. The fraction of sp³-hybridized carbons (Fsp3) is 0.0638. The first-order chi connectivity index (χ1) is 24.1. The summed E-state index contributed by atoms with van der Waals surface area (Å²) in [5, 5.41) is 7.50. The van der Waals surface area contributed by atoms with Crippen molar-refractivity contribution in [3.63, 3.8) is 0 Å². The van der Waals surface area contributed by atoms with Gasteiger partial charge in [0.1, 0.15) is 0 Å². The molecule has 1 aliphatic carbocycles. The molecule has 8 aromatic carbocycles. The number of anilines is 3. The van der Waals surface area contributed by atoms with Gasteiger partial charge in [0, 0.05) is 38.3 Å². The second-order valence-electron chi connectivity index (χ2n) is 13.8. The molecule has 232 valence electrons. The number of rotatable bonds is 4. The van der Waals surface area contributed by atoms with Crippen LogP contribution in [0, 0.1) is 0 Å². The molecule has 0 unspecified atom stereocenters. The van der Waals surface area contributed by atoms with Gasteiger partial charge in [0.25, 0.3) is 0 Å². The van der Waals surface area contributed by atoms with Gasteiger partial charge in [-0.15, -0.1) is 0 Å². The summed E-state index contributed by atoms with van der Waals surface area (Å²) < 4.78 is 2.43. The maximum absolute atomic E-state index is 2.47. The minimum Gasteiger partial charge on any atom is -0.309 e. The summed E-state index contributed by atoms with van der Waals surface area (Å²) in [5.41, 5.74) is 12.3. The highest BCUT2D eigenvalue weighted by molar-refractivity contribution is 6.09. The topological polar surface area (TPSA) is 8.17 Å². The van der Waals surface area contributed by atoms with E-state index in [1.165, 1.54) is 82.7 Å². The number of aromatic nitrogens is 1. The first kappa shape index (κ1) is 27.9. The van der Waals surface area contributed by atoms with Gasteiger partial charge in [0.2, 0.25) is 0 Å². The van der Waals surface area contributed by atoms with Gasteiger partial charge in [-0.2, -0.15) is 0 Å². The normalized spacial score (nSPS) is 13.3. The second kappa shape index (κ2) is 10.4. The van der Waals surface area contributed by atoms with E-state index in [0.717, 1.165) is 5.69 Å². The quantitative estimate of drug-likeness (QED) is 0.189. The molecule has 10 rings (SSSR count). The van der Waals surface area contributed by atoms with E-state index in [-0.39, 0.29) is 5.41 Å². The third-order valence-electron chi connectivity index (χ3n) is 10.8. The van der Waals surface area contributed by atoms with Crippen LogP contribution in [0.4, 0.5) is 17.1 Å². The van der Waals surface area contributed by atoms with Crippen molar-refractivity contribution < 1.29 is 0 Å². The van der Waals surface area contributed by atoms with Crippen molar-refractivity contribution in [2.75, 3.05) is 4.90 Å². The van der Waals surface area contributed by atoms with Crippen LogP contribution in [0.2, 0.25) is 0 Å². The molecule has 1 aromatic heterocycles. The average molecular weight is 627 g/mol. The molecule has 1 aliphatic rings. The molecule has 0 atom stereocenters. The van der Waals surface area contributed by atoms with E-state index in [0.29, 0.717) is 0 Å². The zero-order valence-corrected chi connectivity index (χ0v) is 27.6. The lowest BCUT2D eigenvalue weighted by molar-refractivity contribution is 0.660. The molecule has 0 amide bonds. The summed E-state index contributed by atoms with van der Waals surface area (Å²) in [6.07, 6.45) is 0. The molecule has 1 heterocycles. The van der Waals surface area contributed by atoms with Gasteiger partial charge in [-0.25, -0.2) is 0 Å². The molecule has 2 heteroatoms. The molecule has 0 spiro atoms. The summed E-state index contributed by atoms with van der Waals surface area (Å²) in [5.74, 6) is 0. The van der Waals surface area contributed by atoms with Crippen LogP contribution >= 0.6 is 0 Å². The van der Waals surface area contributed by atoms with Crippen LogP contribution in [0.25, 0.3) is 60.2 Å². The minimum atomic E-state index is -0.196. The van der Waals surface area contributed by atoms with Crippen LogP contribution in [0.1, 0.15) is 25.0 Å². The van der Waals surface area contributed by atoms with E-state index >= 15 is 0 Å². The van der Waals surface area contributed by atoms with Gasteiger partial charge in [-0.05, 0) is 81.6 Å². The van der Waals surface area contributed by atoms with Gasteiger partial charge in [0.05, 0.1) is 22.4 Å². The SMILES string of the molecule is CC1(C)c2cc(N(c3cccc4ccccc34)c3cccc4ccccc34)ccc2-c2ccc(-n3c4ccccc4c4ccccc43)cc21. The highest BCUT2D eigenvalue weighted by atomic mass is 15.1. The highest BCUT2D eigenvalue weighted by Crippen LogP contribution is 2.52. The van der Waals surface area contributed by atoms with Crippen LogP contribution in [-0.4, -0.2) is 4.57 Å². The lowest BCUT2D eigenvalue weighted by atomic mass is 9.82. The maximum Gasteiger partial charge on any atom is 0.0541 e. The Morgan fingerprint density at radius 2 is 0.898 bits per heavy atom. The van der Waals surface area contributed by atoms with Gasteiger partial charge < -0.3 is 9.47 Å². The van der Waals surface area contributed by atoms with E-state index in [1.807, 2.05) is 0 Å². The van der Waals surface area contributed by atoms with E-state index in [2.05, 4.69) is 193 Å². The lowest BCUT2D eigenvalue weighted by Gasteiger charge is -2.30. The molecular weight excluding hydrogens is 593 g/mol. The molecule has 2 nitrogen and oxygen atoms in total. The molecule has 0 radical (unpaired) electrons. The number of fused-ring (bicyclic) bond motifs is 8. The van der Waals surface area contributed by atoms with Gasteiger partial charge in [-0.1, -0.05) is 135 Å². The average Bonchev–Trinajstić information content (AvgIpc) is 3.60. The summed E-state index contributed by atoms with van der Waals surface area (Å²) in [6, 6.07) is 62.4.